The Hall–Kier alpha value is -2.85. The monoisotopic (exact) mass is 484 g/mol. The largest absolute Gasteiger partial charge is 0.451 e. The molecule has 4 nitrogen and oxygen atoms in total. The summed E-state index contributed by atoms with van der Waals surface area (Å²) in [5.41, 5.74) is -1.22. The van der Waals surface area contributed by atoms with Crippen molar-refractivity contribution in [2.45, 2.75) is 50.5 Å². The fraction of sp³-hybridized carbons (Fsp3) is 0.375. The fourth-order valence-corrected chi connectivity index (χ4v) is 4.28. The third-order valence-electron chi connectivity index (χ3n) is 5.78. The maximum absolute atomic E-state index is 13.2. The minimum atomic E-state index is -4.90. The van der Waals surface area contributed by atoms with E-state index in [1.165, 1.54) is 12.7 Å². The van der Waals surface area contributed by atoms with E-state index in [9.17, 15) is 26.3 Å². The predicted molar refractivity (Wildman–Crippen MR) is 110 cm³/mol. The topological polar surface area (TPSA) is 38.5 Å². The van der Waals surface area contributed by atoms with E-state index in [0.717, 1.165) is 18.5 Å². The molecule has 2 heterocycles. The second kappa shape index (κ2) is 9.79. The van der Waals surface area contributed by atoms with Crippen LogP contribution in [0.5, 0.6) is 0 Å². The average Bonchev–Trinajstić information content (AvgIpc) is 3.30. The highest BCUT2D eigenvalue weighted by Gasteiger charge is 2.38. The first-order valence-corrected chi connectivity index (χ1v) is 10.7. The lowest BCUT2D eigenvalue weighted by Gasteiger charge is -2.41. The average molecular weight is 484 g/mol. The summed E-state index contributed by atoms with van der Waals surface area (Å²) in [6.07, 6.45) is -6.01. The van der Waals surface area contributed by atoms with Gasteiger partial charge in [-0.1, -0.05) is 30.3 Å². The van der Waals surface area contributed by atoms with Gasteiger partial charge in [-0.2, -0.15) is 26.3 Å². The van der Waals surface area contributed by atoms with Crippen LogP contribution in [-0.4, -0.2) is 22.5 Å². The van der Waals surface area contributed by atoms with Crippen LogP contribution in [0.3, 0.4) is 0 Å². The molecule has 0 unspecified atom stereocenters. The third-order valence-corrected chi connectivity index (χ3v) is 5.78. The predicted octanol–water partition coefficient (Wildman–Crippen LogP) is 6.63. The molecule has 0 saturated carbocycles. The first-order valence-electron chi connectivity index (χ1n) is 10.7. The molecular formula is C24H22F6N2O2. The number of oxazole rings is 1. The van der Waals surface area contributed by atoms with Gasteiger partial charge in [0.2, 0.25) is 0 Å². The molecule has 1 aromatic heterocycles. The molecular weight excluding hydrogens is 462 g/mol. The van der Waals surface area contributed by atoms with Crippen LogP contribution < -0.4 is 0 Å². The van der Waals surface area contributed by atoms with Crippen molar-refractivity contribution in [2.75, 3.05) is 6.54 Å². The van der Waals surface area contributed by atoms with Crippen molar-refractivity contribution in [1.29, 1.82) is 0 Å². The van der Waals surface area contributed by atoms with Gasteiger partial charge >= 0.3 is 12.4 Å². The molecule has 34 heavy (non-hydrogen) atoms. The number of aromatic nitrogens is 1. The summed E-state index contributed by atoms with van der Waals surface area (Å²) in [6.45, 7) is 0.824. The van der Waals surface area contributed by atoms with E-state index in [-0.39, 0.29) is 24.3 Å². The van der Waals surface area contributed by atoms with Crippen molar-refractivity contribution in [2.24, 2.45) is 0 Å². The minimum Gasteiger partial charge on any atom is -0.451 e. The Morgan fingerprint density at radius 2 is 1.65 bits per heavy atom. The van der Waals surface area contributed by atoms with Crippen LogP contribution in [0, 0.1) is 0 Å². The van der Waals surface area contributed by atoms with Crippen molar-refractivity contribution in [3.63, 3.8) is 0 Å². The molecule has 0 amide bonds. The van der Waals surface area contributed by atoms with Gasteiger partial charge in [-0.15, -0.1) is 0 Å². The van der Waals surface area contributed by atoms with Crippen LogP contribution in [0.25, 0.3) is 0 Å². The molecule has 2 atom stereocenters. The van der Waals surface area contributed by atoms with Crippen LogP contribution in [0.1, 0.15) is 46.8 Å². The molecule has 0 aliphatic carbocycles. The van der Waals surface area contributed by atoms with Crippen molar-refractivity contribution in [3.8, 4) is 0 Å². The van der Waals surface area contributed by atoms with Gasteiger partial charge in [0.05, 0.1) is 35.6 Å². The molecule has 3 aromatic rings. The van der Waals surface area contributed by atoms with Crippen molar-refractivity contribution in [3.05, 3.63) is 89.1 Å². The van der Waals surface area contributed by atoms with Crippen LogP contribution in [0.15, 0.2) is 65.6 Å². The highest BCUT2D eigenvalue weighted by atomic mass is 19.4. The molecule has 1 aliphatic rings. The number of hydrogen-bond acceptors (Lipinski definition) is 4. The molecule has 0 bridgehead atoms. The van der Waals surface area contributed by atoms with Gasteiger partial charge in [0.25, 0.3) is 0 Å². The third kappa shape index (κ3) is 5.79. The van der Waals surface area contributed by atoms with Crippen molar-refractivity contribution >= 4 is 0 Å². The molecule has 1 saturated heterocycles. The summed E-state index contributed by atoms with van der Waals surface area (Å²) in [5, 5.41) is 0. The van der Waals surface area contributed by atoms with E-state index in [1.54, 1.807) is 0 Å². The Kier molecular flexibility index (Phi) is 6.99. The molecule has 0 N–H and O–H groups in total. The number of halogens is 6. The highest BCUT2D eigenvalue weighted by molar-refractivity contribution is 5.33. The van der Waals surface area contributed by atoms with Gasteiger partial charge in [-0.05, 0) is 48.7 Å². The Bertz CT molecular complexity index is 1040. The summed E-state index contributed by atoms with van der Waals surface area (Å²) in [4.78, 5) is 6.29. The van der Waals surface area contributed by atoms with Crippen LogP contribution in [0.2, 0.25) is 0 Å². The lowest BCUT2D eigenvalue weighted by atomic mass is 9.92. The fourth-order valence-electron chi connectivity index (χ4n) is 4.28. The number of ether oxygens (including phenoxy) is 1. The van der Waals surface area contributed by atoms with E-state index in [2.05, 4.69) is 9.88 Å². The van der Waals surface area contributed by atoms with Gasteiger partial charge in [0.15, 0.2) is 6.39 Å². The number of rotatable bonds is 6. The maximum Gasteiger partial charge on any atom is 0.416 e. The summed E-state index contributed by atoms with van der Waals surface area (Å²) < 4.78 is 90.4. The zero-order chi connectivity index (χ0) is 24.3. The zero-order valence-electron chi connectivity index (χ0n) is 17.9. The summed E-state index contributed by atoms with van der Waals surface area (Å²) in [7, 11) is 0. The van der Waals surface area contributed by atoms with Crippen LogP contribution in [0.4, 0.5) is 26.3 Å². The molecule has 0 spiro atoms. The van der Waals surface area contributed by atoms with Crippen molar-refractivity contribution < 1.29 is 35.5 Å². The number of likely N-dealkylation sites (tertiary alicyclic amines) is 1. The van der Waals surface area contributed by atoms with Crippen molar-refractivity contribution in [1.82, 2.24) is 9.88 Å². The molecule has 2 aromatic carbocycles. The Morgan fingerprint density at radius 3 is 2.24 bits per heavy atom. The highest BCUT2D eigenvalue weighted by Crippen LogP contribution is 2.38. The van der Waals surface area contributed by atoms with E-state index in [4.69, 9.17) is 9.15 Å². The van der Waals surface area contributed by atoms with Gasteiger partial charge in [0, 0.05) is 6.54 Å². The lowest BCUT2D eigenvalue weighted by Crippen LogP contribution is -2.42. The molecule has 1 fully saturated rings. The summed E-state index contributed by atoms with van der Waals surface area (Å²) in [5.74, 6) is 0. The minimum absolute atomic E-state index is 0.122. The lowest BCUT2D eigenvalue weighted by molar-refractivity contribution is -0.143. The maximum atomic E-state index is 13.2. The van der Waals surface area contributed by atoms with Gasteiger partial charge in [-0.3, -0.25) is 4.90 Å². The Labute approximate surface area is 192 Å². The number of piperidine rings is 1. The molecule has 4 rings (SSSR count). The van der Waals surface area contributed by atoms with Crippen LogP contribution >= 0.6 is 0 Å². The summed E-state index contributed by atoms with van der Waals surface area (Å²) in [6, 6.07) is 10.8. The van der Waals surface area contributed by atoms with E-state index in [0.29, 0.717) is 30.8 Å². The summed E-state index contributed by atoms with van der Waals surface area (Å²) >= 11 is 0. The number of benzene rings is 2. The number of nitrogens with zero attached hydrogens (tertiary/aromatic N) is 2. The molecule has 1 aliphatic heterocycles. The van der Waals surface area contributed by atoms with Gasteiger partial charge in [-0.25, -0.2) is 4.98 Å². The van der Waals surface area contributed by atoms with E-state index < -0.39 is 29.6 Å². The van der Waals surface area contributed by atoms with Gasteiger partial charge in [0.1, 0.15) is 6.26 Å². The molecule has 182 valence electrons. The molecule has 0 radical (unpaired) electrons. The molecule has 10 heteroatoms. The second-order valence-corrected chi connectivity index (χ2v) is 8.21. The number of hydrogen-bond donors (Lipinski definition) is 0. The van der Waals surface area contributed by atoms with E-state index >= 15 is 0 Å². The number of alkyl halides is 6. The SMILES string of the molecule is FC(F)(F)c1cc(CO[C@H]2CCCN(Cc3cocn3)[C@H]2c2ccccc2)cc(C(F)(F)F)c1. The second-order valence-electron chi connectivity index (χ2n) is 8.21. The first kappa shape index (κ1) is 24.3. The Balaban J connectivity index is 1.59. The van der Waals surface area contributed by atoms with Gasteiger partial charge < -0.3 is 9.15 Å². The quantitative estimate of drug-likeness (QED) is 0.368. The first-order chi connectivity index (χ1) is 16.1. The zero-order valence-corrected chi connectivity index (χ0v) is 17.9. The van der Waals surface area contributed by atoms with Crippen LogP contribution in [-0.2, 0) is 30.2 Å². The van der Waals surface area contributed by atoms with E-state index in [1.807, 2.05) is 30.3 Å². The Morgan fingerprint density at radius 1 is 0.971 bits per heavy atom. The standard InChI is InChI=1S/C24H22F6N2O2/c25-23(26,27)18-9-16(10-19(11-18)24(28,29)30)13-34-21-7-4-8-32(12-20-14-33-15-31-20)22(21)17-5-2-1-3-6-17/h1-3,5-6,9-11,14-15,21-22H,4,7-8,12-13H2/t21-,22-/m0/s1. The normalized spacial score (nSPS) is 19.9. The smallest absolute Gasteiger partial charge is 0.416 e.